The molecule has 0 radical (unpaired) electrons. The first-order chi connectivity index (χ1) is 6.63. The van der Waals surface area contributed by atoms with Crippen LogP contribution in [0.1, 0.15) is 6.92 Å². The summed E-state index contributed by atoms with van der Waals surface area (Å²) < 4.78 is 10.4. The number of rotatable bonds is 1. The second-order valence-corrected chi connectivity index (χ2v) is 3.48. The number of aliphatic hydroxyl groups is 1. The topological polar surface area (TPSA) is 55.8 Å². The minimum Gasteiger partial charge on any atom is -0.456 e. The van der Waals surface area contributed by atoms with Crippen LogP contribution in [0.3, 0.4) is 0 Å². The molecule has 1 saturated heterocycles. The van der Waals surface area contributed by atoms with Crippen LogP contribution in [0.2, 0.25) is 0 Å². The molecule has 0 aromatic rings. The quantitative estimate of drug-likeness (QED) is 0.480. The molecular formula is C10H12O4. The van der Waals surface area contributed by atoms with E-state index in [2.05, 4.69) is 6.58 Å². The fraction of sp³-hybridized carbons (Fsp3) is 0.500. The van der Waals surface area contributed by atoms with Crippen LogP contribution in [0.25, 0.3) is 0 Å². The second kappa shape index (κ2) is 3.22. The maximum absolute atomic E-state index is 11.3. The van der Waals surface area contributed by atoms with Gasteiger partial charge in [0.25, 0.3) is 0 Å². The van der Waals surface area contributed by atoms with Crippen LogP contribution in [0, 0.1) is 0 Å². The van der Waals surface area contributed by atoms with Gasteiger partial charge in [-0.3, -0.25) is 0 Å². The summed E-state index contributed by atoms with van der Waals surface area (Å²) in [5.41, 5.74) is 0.420. The van der Waals surface area contributed by atoms with Gasteiger partial charge in [-0.25, -0.2) is 4.79 Å². The lowest BCUT2D eigenvalue weighted by molar-refractivity contribution is -0.139. The van der Waals surface area contributed by atoms with Crippen molar-refractivity contribution in [2.75, 3.05) is 0 Å². The molecule has 0 saturated carbocycles. The number of aliphatic hydroxyl groups excluding tert-OH is 1. The van der Waals surface area contributed by atoms with E-state index in [1.165, 1.54) is 12.2 Å². The van der Waals surface area contributed by atoms with Crippen LogP contribution in [0.5, 0.6) is 0 Å². The van der Waals surface area contributed by atoms with Gasteiger partial charge in [0.1, 0.15) is 24.4 Å². The molecule has 0 spiro atoms. The fourth-order valence-corrected chi connectivity index (χ4v) is 1.74. The number of carbonyl (C=O) groups is 1. The lowest BCUT2D eigenvalue weighted by Crippen LogP contribution is -2.38. The van der Waals surface area contributed by atoms with Crippen molar-refractivity contribution in [2.45, 2.75) is 31.3 Å². The van der Waals surface area contributed by atoms with Gasteiger partial charge in [0.15, 0.2) is 0 Å². The van der Waals surface area contributed by atoms with E-state index in [1.54, 1.807) is 6.92 Å². The molecule has 2 aliphatic rings. The summed E-state index contributed by atoms with van der Waals surface area (Å²) in [6.07, 6.45) is 1.09. The average molecular weight is 196 g/mol. The van der Waals surface area contributed by atoms with Crippen LogP contribution in [-0.2, 0) is 14.3 Å². The molecule has 4 heteroatoms. The third-order valence-electron chi connectivity index (χ3n) is 2.48. The molecule has 14 heavy (non-hydrogen) atoms. The first-order valence-electron chi connectivity index (χ1n) is 4.52. The number of esters is 1. The number of fused-ring (bicyclic) bond motifs is 1. The Hall–Kier alpha value is -1.13. The predicted octanol–water partition coefficient (Wildman–Crippen LogP) is 0.172. The van der Waals surface area contributed by atoms with E-state index in [0.717, 1.165) is 0 Å². The van der Waals surface area contributed by atoms with Gasteiger partial charge in [-0.15, -0.1) is 6.58 Å². The van der Waals surface area contributed by atoms with Crippen molar-refractivity contribution in [3.05, 3.63) is 24.3 Å². The maximum atomic E-state index is 11.3. The Kier molecular flexibility index (Phi) is 2.17. The first-order valence-corrected chi connectivity index (χ1v) is 4.52. The van der Waals surface area contributed by atoms with Crippen molar-refractivity contribution in [2.24, 2.45) is 0 Å². The molecule has 4 atom stereocenters. The highest BCUT2D eigenvalue weighted by molar-refractivity contribution is 5.92. The summed E-state index contributed by atoms with van der Waals surface area (Å²) in [6.45, 7) is 5.32. The number of hydrogen-bond acceptors (Lipinski definition) is 4. The van der Waals surface area contributed by atoms with Crippen LogP contribution >= 0.6 is 0 Å². The zero-order valence-corrected chi connectivity index (χ0v) is 7.84. The Morgan fingerprint density at radius 2 is 2.36 bits per heavy atom. The third-order valence-corrected chi connectivity index (χ3v) is 2.48. The van der Waals surface area contributed by atoms with E-state index in [1.807, 2.05) is 0 Å². The molecule has 1 N–H and O–H groups in total. The molecule has 2 heterocycles. The molecule has 1 fully saturated rings. The molecule has 0 amide bonds. The molecule has 0 unspecified atom stereocenters. The Morgan fingerprint density at radius 1 is 1.64 bits per heavy atom. The van der Waals surface area contributed by atoms with E-state index in [9.17, 15) is 9.90 Å². The lowest BCUT2D eigenvalue weighted by Gasteiger charge is -2.27. The third kappa shape index (κ3) is 1.27. The van der Waals surface area contributed by atoms with Crippen molar-refractivity contribution in [3.63, 3.8) is 0 Å². The molecule has 4 nitrogen and oxygen atoms in total. The van der Waals surface area contributed by atoms with Gasteiger partial charge in [-0.2, -0.15) is 0 Å². The van der Waals surface area contributed by atoms with Gasteiger partial charge in [0.05, 0.1) is 5.57 Å². The summed E-state index contributed by atoms with van der Waals surface area (Å²) in [5.74, 6) is -0.399. The van der Waals surface area contributed by atoms with Gasteiger partial charge in [-0.05, 0) is 13.0 Å². The molecule has 2 rings (SSSR count). The van der Waals surface area contributed by atoms with Gasteiger partial charge >= 0.3 is 5.97 Å². The van der Waals surface area contributed by atoms with Crippen LogP contribution in [0.15, 0.2) is 24.3 Å². The number of cyclic esters (lactones) is 1. The normalized spacial score (nSPS) is 41.3. The molecule has 76 valence electrons. The average Bonchev–Trinajstić information content (AvgIpc) is 2.41. The van der Waals surface area contributed by atoms with Crippen molar-refractivity contribution in [1.82, 2.24) is 0 Å². The summed E-state index contributed by atoms with van der Waals surface area (Å²) in [6, 6.07) is 0. The van der Waals surface area contributed by atoms with Gasteiger partial charge < -0.3 is 14.6 Å². The number of ether oxygens (including phenoxy) is 2. The van der Waals surface area contributed by atoms with Gasteiger partial charge in [0, 0.05) is 0 Å². The molecule has 0 aromatic heterocycles. The van der Waals surface area contributed by atoms with Crippen molar-refractivity contribution in [3.8, 4) is 0 Å². The van der Waals surface area contributed by atoms with Crippen molar-refractivity contribution in [1.29, 1.82) is 0 Å². The van der Waals surface area contributed by atoms with Crippen LogP contribution in [0.4, 0.5) is 0 Å². The molecule has 0 aliphatic carbocycles. The number of hydrogen-bond donors (Lipinski definition) is 1. The number of carbonyl (C=O) groups excluding carboxylic acids is 1. The second-order valence-electron chi connectivity index (χ2n) is 3.48. The molecule has 2 aliphatic heterocycles. The summed E-state index contributed by atoms with van der Waals surface area (Å²) in [5, 5.41) is 9.54. The fourth-order valence-electron chi connectivity index (χ4n) is 1.74. The largest absolute Gasteiger partial charge is 0.456 e. The van der Waals surface area contributed by atoms with E-state index in [4.69, 9.17) is 9.47 Å². The Bertz CT molecular complexity index is 307. The van der Waals surface area contributed by atoms with E-state index in [-0.39, 0.29) is 12.2 Å². The molecular weight excluding hydrogens is 184 g/mol. The maximum Gasteiger partial charge on any atom is 0.336 e. The summed E-state index contributed by atoms with van der Waals surface area (Å²) in [4.78, 5) is 11.3. The van der Waals surface area contributed by atoms with E-state index < -0.39 is 18.2 Å². The minimum atomic E-state index is -0.809. The zero-order chi connectivity index (χ0) is 10.3. The zero-order valence-electron chi connectivity index (χ0n) is 7.84. The highest BCUT2D eigenvalue weighted by atomic mass is 16.6. The summed E-state index contributed by atoms with van der Waals surface area (Å²) >= 11 is 0. The van der Waals surface area contributed by atoms with E-state index >= 15 is 0 Å². The Morgan fingerprint density at radius 3 is 3.00 bits per heavy atom. The monoisotopic (exact) mass is 196 g/mol. The summed E-state index contributed by atoms with van der Waals surface area (Å²) in [7, 11) is 0. The first kappa shape index (κ1) is 9.43. The predicted molar refractivity (Wildman–Crippen MR) is 48.5 cm³/mol. The Labute approximate surface area is 81.8 Å². The van der Waals surface area contributed by atoms with Crippen molar-refractivity contribution < 1.29 is 19.4 Å². The van der Waals surface area contributed by atoms with Crippen LogP contribution < -0.4 is 0 Å². The van der Waals surface area contributed by atoms with E-state index in [0.29, 0.717) is 5.57 Å². The molecule has 0 aromatic carbocycles. The molecule has 0 bridgehead atoms. The van der Waals surface area contributed by atoms with Gasteiger partial charge in [-0.1, -0.05) is 6.08 Å². The standard InChI is InChI=1S/C10H12O4/c1-3-8-7(11)4-6-9(14-8)5(2)13-10(6)12/h3-5,7-9,11H,1H2,2H3/t5-,7+,8+,9+/m0/s1. The van der Waals surface area contributed by atoms with Crippen LogP contribution in [-0.4, -0.2) is 35.5 Å². The smallest absolute Gasteiger partial charge is 0.336 e. The highest BCUT2D eigenvalue weighted by Gasteiger charge is 2.43. The van der Waals surface area contributed by atoms with Gasteiger partial charge in [0.2, 0.25) is 0 Å². The SMILES string of the molecule is C=C[C@H]1O[C@H]2C(=C[C@H]1O)C(=O)O[C@H]2C. The lowest BCUT2D eigenvalue weighted by atomic mass is 10.00. The Balaban J connectivity index is 2.30. The van der Waals surface area contributed by atoms with Crippen molar-refractivity contribution >= 4 is 5.97 Å². The highest BCUT2D eigenvalue weighted by Crippen LogP contribution is 2.30. The minimum absolute atomic E-state index is 0.288.